The van der Waals surface area contributed by atoms with Crippen LogP contribution in [0.4, 0.5) is 0 Å². The average molecular weight is 388 g/mol. The van der Waals surface area contributed by atoms with Gasteiger partial charge in [0.1, 0.15) is 12.4 Å². The van der Waals surface area contributed by atoms with Gasteiger partial charge in [0, 0.05) is 38.8 Å². The number of benzene rings is 2. The summed E-state index contributed by atoms with van der Waals surface area (Å²) in [5.74, 6) is 0.906. The minimum Gasteiger partial charge on any atom is -0.492 e. The second kappa shape index (κ2) is 9.30. The molecule has 1 amide bonds. The molecule has 1 aliphatic heterocycles. The van der Waals surface area contributed by atoms with Crippen LogP contribution in [0, 0.1) is 0 Å². The summed E-state index contributed by atoms with van der Waals surface area (Å²) in [5, 5.41) is 0. The third-order valence-corrected chi connectivity index (χ3v) is 4.97. The molecule has 6 heteroatoms. The summed E-state index contributed by atoms with van der Waals surface area (Å²) in [6.07, 6.45) is 5.02. The van der Waals surface area contributed by atoms with Gasteiger partial charge in [0.15, 0.2) is 0 Å². The molecule has 148 valence electrons. The Balaban J connectivity index is 1.23. The molecule has 0 radical (unpaired) electrons. The molecule has 0 saturated carbocycles. The van der Waals surface area contributed by atoms with Crippen LogP contribution in [-0.2, 0) is 4.79 Å². The van der Waals surface area contributed by atoms with Gasteiger partial charge in [-0.3, -0.25) is 14.7 Å². The van der Waals surface area contributed by atoms with Crippen LogP contribution in [0.25, 0.3) is 17.1 Å². The number of carbonyl (C=O) groups is 1. The number of nitrogens with zero attached hydrogens (tertiary/aromatic N) is 4. The molecule has 0 unspecified atom stereocenters. The van der Waals surface area contributed by atoms with Crippen molar-refractivity contribution in [1.29, 1.82) is 0 Å². The lowest BCUT2D eigenvalue weighted by atomic mass is 10.2. The number of hydrogen-bond donors (Lipinski definition) is 0. The minimum atomic E-state index is 0.0140. The van der Waals surface area contributed by atoms with Gasteiger partial charge in [-0.25, -0.2) is 4.98 Å². The molecular weight excluding hydrogens is 364 g/mol. The van der Waals surface area contributed by atoms with Crippen molar-refractivity contribution in [3.63, 3.8) is 0 Å². The normalized spacial score (nSPS) is 15.1. The van der Waals surface area contributed by atoms with Crippen molar-refractivity contribution >= 4 is 23.0 Å². The third kappa shape index (κ3) is 5.18. The van der Waals surface area contributed by atoms with Crippen LogP contribution in [0.5, 0.6) is 5.75 Å². The standard InChI is InChI=1S/C23H24N4O2/c28-23(11-10-19-18-24-21-8-4-5-9-22(21)25-19)27-14-12-26(13-15-27)16-17-29-20-6-2-1-3-7-20/h1-11,18H,12-17H2/b11-10+. The Labute approximate surface area is 170 Å². The van der Waals surface area contributed by atoms with Gasteiger partial charge in [-0.2, -0.15) is 0 Å². The van der Waals surface area contributed by atoms with Gasteiger partial charge in [0.05, 0.1) is 22.9 Å². The molecular formula is C23H24N4O2. The fourth-order valence-corrected chi connectivity index (χ4v) is 3.32. The quantitative estimate of drug-likeness (QED) is 0.608. The van der Waals surface area contributed by atoms with Crippen molar-refractivity contribution < 1.29 is 9.53 Å². The van der Waals surface area contributed by atoms with E-state index in [4.69, 9.17) is 4.74 Å². The van der Waals surface area contributed by atoms with Crippen molar-refractivity contribution in [2.45, 2.75) is 0 Å². The lowest BCUT2D eigenvalue weighted by Gasteiger charge is -2.34. The van der Waals surface area contributed by atoms with E-state index >= 15 is 0 Å². The highest BCUT2D eigenvalue weighted by Gasteiger charge is 2.19. The Morgan fingerprint density at radius 2 is 1.69 bits per heavy atom. The van der Waals surface area contributed by atoms with Gasteiger partial charge < -0.3 is 9.64 Å². The highest BCUT2D eigenvalue weighted by atomic mass is 16.5. The third-order valence-electron chi connectivity index (χ3n) is 4.97. The van der Waals surface area contributed by atoms with Crippen molar-refractivity contribution in [2.75, 3.05) is 39.3 Å². The number of fused-ring (bicyclic) bond motifs is 1. The lowest BCUT2D eigenvalue weighted by molar-refractivity contribution is -0.127. The van der Waals surface area contributed by atoms with Gasteiger partial charge >= 0.3 is 0 Å². The van der Waals surface area contributed by atoms with E-state index in [0.29, 0.717) is 12.3 Å². The highest BCUT2D eigenvalue weighted by Crippen LogP contribution is 2.11. The van der Waals surface area contributed by atoms with Gasteiger partial charge in [-0.1, -0.05) is 30.3 Å². The first-order chi connectivity index (χ1) is 14.3. The molecule has 4 rings (SSSR count). The van der Waals surface area contributed by atoms with Crippen molar-refractivity contribution in [3.8, 4) is 5.75 Å². The van der Waals surface area contributed by atoms with E-state index in [9.17, 15) is 4.79 Å². The Bertz CT molecular complexity index is 982. The number of aromatic nitrogens is 2. The topological polar surface area (TPSA) is 58.6 Å². The molecule has 0 aliphatic carbocycles. The van der Waals surface area contributed by atoms with E-state index < -0.39 is 0 Å². The summed E-state index contributed by atoms with van der Waals surface area (Å²) in [5.41, 5.74) is 2.37. The summed E-state index contributed by atoms with van der Waals surface area (Å²) in [6, 6.07) is 17.5. The minimum absolute atomic E-state index is 0.0140. The second-order valence-corrected chi connectivity index (χ2v) is 6.95. The predicted octanol–water partition coefficient (Wildman–Crippen LogP) is 2.87. The van der Waals surface area contributed by atoms with Gasteiger partial charge in [-0.05, 0) is 30.3 Å². The smallest absolute Gasteiger partial charge is 0.246 e. The summed E-state index contributed by atoms with van der Waals surface area (Å²) in [6.45, 7) is 4.66. The SMILES string of the molecule is O=C(/C=C/c1cnc2ccccc2n1)N1CCN(CCOc2ccccc2)CC1. The number of rotatable bonds is 6. The molecule has 6 nitrogen and oxygen atoms in total. The maximum Gasteiger partial charge on any atom is 0.246 e. The second-order valence-electron chi connectivity index (χ2n) is 6.95. The highest BCUT2D eigenvalue weighted by molar-refractivity contribution is 5.91. The molecule has 1 saturated heterocycles. The molecule has 0 N–H and O–H groups in total. The molecule has 1 fully saturated rings. The first-order valence-corrected chi connectivity index (χ1v) is 9.87. The maximum atomic E-state index is 12.5. The molecule has 3 aromatic rings. The number of ether oxygens (including phenoxy) is 1. The zero-order valence-corrected chi connectivity index (χ0v) is 16.3. The van der Waals surface area contributed by atoms with Crippen LogP contribution in [0.1, 0.15) is 5.69 Å². The van der Waals surface area contributed by atoms with E-state index in [-0.39, 0.29) is 5.91 Å². The molecule has 1 aliphatic rings. The van der Waals surface area contributed by atoms with Crippen LogP contribution in [0.3, 0.4) is 0 Å². The van der Waals surface area contributed by atoms with Crippen LogP contribution >= 0.6 is 0 Å². The Hall–Kier alpha value is -3.25. The summed E-state index contributed by atoms with van der Waals surface area (Å²) >= 11 is 0. The van der Waals surface area contributed by atoms with Crippen LogP contribution < -0.4 is 4.74 Å². The van der Waals surface area contributed by atoms with Crippen LogP contribution in [0.15, 0.2) is 66.9 Å². The predicted molar refractivity (Wildman–Crippen MR) is 114 cm³/mol. The fourth-order valence-electron chi connectivity index (χ4n) is 3.32. The monoisotopic (exact) mass is 388 g/mol. The zero-order valence-electron chi connectivity index (χ0n) is 16.3. The van der Waals surface area contributed by atoms with Crippen molar-refractivity contribution in [1.82, 2.24) is 19.8 Å². The van der Waals surface area contributed by atoms with Gasteiger partial charge in [-0.15, -0.1) is 0 Å². The fraction of sp³-hybridized carbons (Fsp3) is 0.261. The summed E-state index contributed by atoms with van der Waals surface area (Å²) in [4.78, 5) is 25.6. The van der Waals surface area contributed by atoms with Gasteiger partial charge in [0.2, 0.25) is 5.91 Å². The summed E-state index contributed by atoms with van der Waals surface area (Å²) < 4.78 is 5.75. The van der Waals surface area contributed by atoms with E-state index in [0.717, 1.165) is 49.5 Å². The first-order valence-electron chi connectivity index (χ1n) is 9.87. The molecule has 2 aromatic carbocycles. The molecule has 0 spiro atoms. The van der Waals surface area contributed by atoms with Gasteiger partial charge in [0.25, 0.3) is 0 Å². The number of carbonyl (C=O) groups excluding carboxylic acids is 1. The number of para-hydroxylation sites is 3. The van der Waals surface area contributed by atoms with E-state index in [2.05, 4.69) is 14.9 Å². The van der Waals surface area contributed by atoms with E-state index in [1.54, 1.807) is 18.3 Å². The largest absolute Gasteiger partial charge is 0.492 e. The molecule has 29 heavy (non-hydrogen) atoms. The van der Waals surface area contributed by atoms with Crippen LogP contribution in [0.2, 0.25) is 0 Å². The number of hydrogen-bond acceptors (Lipinski definition) is 5. The number of amides is 1. The van der Waals surface area contributed by atoms with E-state index in [1.165, 1.54) is 0 Å². The number of piperazine rings is 1. The Morgan fingerprint density at radius 1 is 0.966 bits per heavy atom. The molecule has 1 aromatic heterocycles. The first kappa shape index (κ1) is 19.1. The van der Waals surface area contributed by atoms with Crippen molar-refractivity contribution in [3.05, 3.63) is 72.6 Å². The summed E-state index contributed by atoms with van der Waals surface area (Å²) in [7, 11) is 0. The molecule has 2 heterocycles. The Morgan fingerprint density at radius 3 is 2.48 bits per heavy atom. The van der Waals surface area contributed by atoms with E-state index in [1.807, 2.05) is 59.5 Å². The Kier molecular flexibility index (Phi) is 6.12. The average Bonchev–Trinajstić information content (AvgIpc) is 2.78. The maximum absolute atomic E-state index is 12.5. The molecule has 0 atom stereocenters. The van der Waals surface area contributed by atoms with Crippen molar-refractivity contribution in [2.24, 2.45) is 0 Å². The van der Waals surface area contributed by atoms with Crippen LogP contribution in [-0.4, -0.2) is 65.0 Å². The lowest BCUT2D eigenvalue weighted by Crippen LogP contribution is -2.49. The molecule has 0 bridgehead atoms. The zero-order chi connectivity index (χ0) is 19.9.